The van der Waals surface area contributed by atoms with Crippen molar-refractivity contribution in [2.45, 2.75) is 0 Å². The van der Waals surface area contributed by atoms with Crippen molar-refractivity contribution in [3.05, 3.63) is 35.9 Å². The molecule has 0 amide bonds. The fraction of sp³-hybridized carbons (Fsp3) is 0.125. The highest BCUT2D eigenvalue weighted by molar-refractivity contribution is 9.09. The lowest BCUT2D eigenvalue weighted by molar-refractivity contribution is 1.66. The molecule has 2 heteroatoms. The molecule has 1 aromatic rings. The molecular weight excluding hydrogens is 208 g/mol. The van der Waals surface area contributed by atoms with Gasteiger partial charge in [0.2, 0.25) is 0 Å². The predicted octanol–water partition coefficient (Wildman–Crippen LogP) is 2.80. The van der Waals surface area contributed by atoms with Gasteiger partial charge in [-0.05, 0) is 5.56 Å². The Balaban J connectivity index is 2.85. The molecule has 0 saturated carbocycles. The standard InChI is InChI=1S/C8H7BrS/c9-6-8(10)7-4-2-1-3-5-7/h1-5H,6H2. The van der Waals surface area contributed by atoms with Crippen molar-refractivity contribution in [1.29, 1.82) is 0 Å². The van der Waals surface area contributed by atoms with Crippen LogP contribution in [0.5, 0.6) is 0 Å². The van der Waals surface area contributed by atoms with Crippen molar-refractivity contribution in [3.8, 4) is 0 Å². The summed E-state index contributed by atoms with van der Waals surface area (Å²) in [7, 11) is 0. The van der Waals surface area contributed by atoms with Gasteiger partial charge in [0.1, 0.15) is 0 Å². The van der Waals surface area contributed by atoms with E-state index in [1.165, 1.54) is 0 Å². The molecule has 0 aliphatic rings. The Labute approximate surface area is 74.4 Å². The number of hydrogen-bond acceptors (Lipinski definition) is 1. The highest BCUT2D eigenvalue weighted by Crippen LogP contribution is 2.02. The summed E-state index contributed by atoms with van der Waals surface area (Å²) in [6, 6.07) is 10.0. The third kappa shape index (κ3) is 1.89. The SMILES string of the molecule is S=C(CBr)c1ccccc1. The average molecular weight is 215 g/mol. The van der Waals surface area contributed by atoms with Gasteiger partial charge in [0.05, 0.1) is 0 Å². The summed E-state index contributed by atoms with van der Waals surface area (Å²) in [4.78, 5) is 0.959. The molecule has 0 N–H and O–H groups in total. The molecule has 0 radical (unpaired) electrons. The lowest BCUT2D eigenvalue weighted by Gasteiger charge is -1.96. The third-order valence-electron chi connectivity index (χ3n) is 1.22. The minimum Gasteiger partial charge on any atom is -0.0867 e. The highest BCUT2D eigenvalue weighted by atomic mass is 79.9. The predicted molar refractivity (Wildman–Crippen MR) is 51.9 cm³/mol. The van der Waals surface area contributed by atoms with E-state index >= 15 is 0 Å². The van der Waals surface area contributed by atoms with Gasteiger partial charge >= 0.3 is 0 Å². The van der Waals surface area contributed by atoms with Crippen molar-refractivity contribution < 1.29 is 0 Å². The molecule has 0 aliphatic carbocycles. The van der Waals surface area contributed by atoms with Crippen molar-refractivity contribution in [2.75, 3.05) is 5.33 Å². The van der Waals surface area contributed by atoms with E-state index < -0.39 is 0 Å². The molecule has 1 aromatic carbocycles. The van der Waals surface area contributed by atoms with Crippen LogP contribution in [0.2, 0.25) is 0 Å². The highest BCUT2D eigenvalue weighted by Gasteiger charge is 1.94. The van der Waals surface area contributed by atoms with Gasteiger partial charge in [-0.1, -0.05) is 58.5 Å². The van der Waals surface area contributed by atoms with Crippen LogP contribution in [0.15, 0.2) is 30.3 Å². The van der Waals surface area contributed by atoms with Gasteiger partial charge in [0.25, 0.3) is 0 Å². The first-order valence-electron chi connectivity index (χ1n) is 2.99. The molecule has 0 saturated heterocycles. The summed E-state index contributed by atoms with van der Waals surface area (Å²) < 4.78 is 0. The molecule has 0 fully saturated rings. The van der Waals surface area contributed by atoms with E-state index in [0.29, 0.717) is 0 Å². The zero-order valence-electron chi connectivity index (χ0n) is 5.38. The maximum atomic E-state index is 5.07. The van der Waals surface area contributed by atoms with Crippen molar-refractivity contribution in [3.63, 3.8) is 0 Å². The molecule has 1 rings (SSSR count). The Morgan fingerprint density at radius 2 is 1.90 bits per heavy atom. The van der Waals surface area contributed by atoms with Gasteiger partial charge < -0.3 is 0 Å². The Bertz CT molecular complexity index is 218. The van der Waals surface area contributed by atoms with E-state index in [1.807, 2.05) is 30.3 Å². The number of alkyl halides is 1. The van der Waals surface area contributed by atoms with Crippen molar-refractivity contribution >= 4 is 33.0 Å². The second-order valence-electron chi connectivity index (χ2n) is 1.92. The summed E-state index contributed by atoms with van der Waals surface area (Å²) in [6.07, 6.45) is 0. The number of hydrogen-bond donors (Lipinski definition) is 0. The smallest absolute Gasteiger partial charge is 0.0391 e. The largest absolute Gasteiger partial charge is 0.0867 e. The molecule has 0 aromatic heterocycles. The number of thiocarbonyl (C=S) groups is 1. The lowest BCUT2D eigenvalue weighted by Crippen LogP contribution is -1.96. The number of rotatable bonds is 2. The average Bonchev–Trinajstić information content (AvgIpc) is 2.05. The van der Waals surface area contributed by atoms with Crippen molar-refractivity contribution in [1.82, 2.24) is 0 Å². The van der Waals surface area contributed by atoms with E-state index in [0.717, 1.165) is 15.8 Å². The second-order valence-corrected chi connectivity index (χ2v) is 2.98. The second kappa shape index (κ2) is 3.84. The van der Waals surface area contributed by atoms with Gasteiger partial charge in [0, 0.05) is 10.2 Å². The normalized spacial score (nSPS) is 9.30. The van der Waals surface area contributed by atoms with Crippen LogP contribution in [0.3, 0.4) is 0 Å². The maximum Gasteiger partial charge on any atom is 0.0391 e. The molecule has 0 unspecified atom stereocenters. The summed E-state index contributed by atoms with van der Waals surface area (Å²) in [6.45, 7) is 0. The molecule has 0 nitrogen and oxygen atoms in total. The van der Waals surface area contributed by atoms with Crippen LogP contribution >= 0.6 is 28.1 Å². The molecule has 10 heavy (non-hydrogen) atoms. The quantitative estimate of drug-likeness (QED) is 0.415. The first-order valence-corrected chi connectivity index (χ1v) is 4.52. The summed E-state index contributed by atoms with van der Waals surface area (Å²) >= 11 is 8.39. The van der Waals surface area contributed by atoms with E-state index in [1.54, 1.807) is 0 Å². The molecule has 0 bridgehead atoms. The zero-order chi connectivity index (χ0) is 7.40. The topological polar surface area (TPSA) is 0 Å². The van der Waals surface area contributed by atoms with Crippen LogP contribution in [0.4, 0.5) is 0 Å². The Kier molecular flexibility index (Phi) is 3.03. The van der Waals surface area contributed by atoms with Gasteiger partial charge in [0.15, 0.2) is 0 Å². The first-order chi connectivity index (χ1) is 4.84. The minimum absolute atomic E-state index is 0.770. The fourth-order valence-electron chi connectivity index (χ4n) is 0.701. The monoisotopic (exact) mass is 214 g/mol. The Hall–Kier alpha value is -0.210. The molecule has 52 valence electrons. The van der Waals surface area contributed by atoms with Crippen LogP contribution in [0.25, 0.3) is 0 Å². The van der Waals surface area contributed by atoms with Gasteiger partial charge in [-0.15, -0.1) is 0 Å². The van der Waals surface area contributed by atoms with Crippen LogP contribution in [-0.2, 0) is 0 Å². The van der Waals surface area contributed by atoms with E-state index in [-0.39, 0.29) is 0 Å². The van der Waals surface area contributed by atoms with Crippen LogP contribution in [0.1, 0.15) is 5.56 Å². The molecule has 0 aliphatic heterocycles. The minimum atomic E-state index is 0.770. The summed E-state index contributed by atoms with van der Waals surface area (Å²) in [5.74, 6) is 0. The van der Waals surface area contributed by atoms with Gasteiger partial charge in [-0.25, -0.2) is 0 Å². The molecule has 0 heterocycles. The fourth-order valence-corrected chi connectivity index (χ4v) is 1.16. The first kappa shape index (κ1) is 7.89. The molecule has 0 spiro atoms. The van der Waals surface area contributed by atoms with Gasteiger partial charge in [-0.2, -0.15) is 0 Å². The Morgan fingerprint density at radius 1 is 1.30 bits per heavy atom. The van der Waals surface area contributed by atoms with Gasteiger partial charge in [-0.3, -0.25) is 0 Å². The molecule has 0 atom stereocenters. The summed E-state index contributed by atoms with van der Waals surface area (Å²) in [5.41, 5.74) is 1.13. The van der Waals surface area contributed by atoms with Crippen molar-refractivity contribution in [2.24, 2.45) is 0 Å². The Morgan fingerprint density at radius 3 is 2.40 bits per heavy atom. The lowest BCUT2D eigenvalue weighted by atomic mass is 10.2. The van der Waals surface area contributed by atoms with E-state index in [2.05, 4.69) is 15.9 Å². The molecular formula is C8H7BrS. The van der Waals surface area contributed by atoms with Crippen LogP contribution in [-0.4, -0.2) is 10.2 Å². The third-order valence-corrected chi connectivity index (χ3v) is 2.53. The van der Waals surface area contributed by atoms with Crippen LogP contribution < -0.4 is 0 Å². The maximum absolute atomic E-state index is 5.07. The number of benzene rings is 1. The number of halogens is 1. The summed E-state index contributed by atoms with van der Waals surface area (Å²) in [5, 5.41) is 0.770. The van der Waals surface area contributed by atoms with Crippen LogP contribution in [0, 0.1) is 0 Å². The zero-order valence-corrected chi connectivity index (χ0v) is 7.78. The van der Waals surface area contributed by atoms with E-state index in [9.17, 15) is 0 Å². The van der Waals surface area contributed by atoms with E-state index in [4.69, 9.17) is 12.2 Å².